The Balaban J connectivity index is 2.38. The van der Waals surface area contributed by atoms with E-state index >= 15 is 0 Å². The molecule has 0 amide bonds. The lowest BCUT2D eigenvalue weighted by Crippen LogP contribution is -2.13. The van der Waals surface area contributed by atoms with Crippen LogP contribution in [0.25, 0.3) is 0 Å². The zero-order valence-electron chi connectivity index (χ0n) is 11.4. The van der Waals surface area contributed by atoms with Gasteiger partial charge in [0.25, 0.3) is 0 Å². The first kappa shape index (κ1) is 15.2. The first-order chi connectivity index (χ1) is 9.97. The number of halogens is 1. The fourth-order valence-electron chi connectivity index (χ4n) is 1.60. The molecule has 7 nitrogen and oxygen atoms in total. The van der Waals surface area contributed by atoms with Crippen molar-refractivity contribution in [3.63, 3.8) is 0 Å². The average Bonchev–Trinajstić information content (AvgIpc) is 2.40. The van der Waals surface area contributed by atoms with Crippen molar-refractivity contribution in [2.24, 2.45) is 0 Å². The Bertz CT molecular complexity index is 646. The Morgan fingerprint density at radius 2 is 1.95 bits per heavy atom. The fourth-order valence-corrected chi connectivity index (χ4v) is 1.86. The normalized spacial score (nSPS) is 10.5. The molecule has 2 rings (SSSR count). The van der Waals surface area contributed by atoms with Crippen LogP contribution in [0.4, 0.5) is 11.5 Å². The third-order valence-electron chi connectivity index (χ3n) is 2.42. The molecule has 1 aromatic carbocycles. The topological polar surface area (TPSA) is 90.2 Å². The van der Waals surface area contributed by atoms with Gasteiger partial charge in [-0.2, -0.15) is 4.98 Å². The minimum Gasteiger partial charge on any atom is -0.434 e. The summed E-state index contributed by atoms with van der Waals surface area (Å²) in [6.45, 7) is 3.72. The average molecular weight is 353 g/mol. The van der Waals surface area contributed by atoms with Gasteiger partial charge in [0, 0.05) is 10.5 Å². The molecule has 0 spiro atoms. The van der Waals surface area contributed by atoms with E-state index in [1.807, 2.05) is 13.8 Å². The Kier molecular flexibility index (Phi) is 4.69. The Morgan fingerprint density at radius 3 is 2.52 bits per heavy atom. The SMILES string of the molecule is CC(C)Nc1ncnc(Oc2ccc(Br)cc2)c1[N+](=O)[O-]. The Labute approximate surface area is 129 Å². The van der Waals surface area contributed by atoms with Crippen LogP contribution in [0, 0.1) is 10.1 Å². The number of ether oxygens (including phenoxy) is 1. The van der Waals surface area contributed by atoms with E-state index in [0.29, 0.717) is 5.75 Å². The molecule has 0 radical (unpaired) electrons. The molecule has 1 N–H and O–H groups in total. The van der Waals surface area contributed by atoms with Gasteiger partial charge in [0.05, 0.1) is 4.92 Å². The lowest BCUT2D eigenvalue weighted by molar-refractivity contribution is -0.385. The summed E-state index contributed by atoms with van der Waals surface area (Å²) < 4.78 is 6.38. The summed E-state index contributed by atoms with van der Waals surface area (Å²) in [4.78, 5) is 18.5. The second-order valence-corrected chi connectivity index (χ2v) is 5.40. The lowest BCUT2D eigenvalue weighted by Gasteiger charge is -2.11. The van der Waals surface area contributed by atoms with Crippen LogP contribution in [0.5, 0.6) is 11.6 Å². The molecule has 2 aromatic rings. The summed E-state index contributed by atoms with van der Waals surface area (Å²) in [6, 6.07) is 6.92. The zero-order chi connectivity index (χ0) is 15.4. The molecule has 21 heavy (non-hydrogen) atoms. The zero-order valence-corrected chi connectivity index (χ0v) is 13.0. The molecule has 0 bridgehead atoms. The van der Waals surface area contributed by atoms with Crippen molar-refractivity contribution in [2.45, 2.75) is 19.9 Å². The van der Waals surface area contributed by atoms with Gasteiger partial charge >= 0.3 is 11.6 Å². The molecular weight excluding hydrogens is 340 g/mol. The van der Waals surface area contributed by atoms with Crippen molar-refractivity contribution in [1.29, 1.82) is 0 Å². The number of nitrogens with one attached hydrogen (secondary N) is 1. The van der Waals surface area contributed by atoms with Gasteiger partial charge in [-0.15, -0.1) is 0 Å². The van der Waals surface area contributed by atoms with Crippen molar-refractivity contribution >= 4 is 27.4 Å². The second kappa shape index (κ2) is 6.49. The van der Waals surface area contributed by atoms with E-state index in [2.05, 4.69) is 31.2 Å². The van der Waals surface area contributed by atoms with E-state index in [1.165, 1.54) is 6.33 Å². The van der Waals surface area contributed by atoms with Crippen LogP contribution in [0.3, 0.4) is 0 Å². The number of aromatic nitrogens is 2. The molecule has 0 saturated carbocycles. The van der Waals surface area contributed by atoms with E-state index in [4.69, 9.17) is 4.74 Å². The lowest BCUT2D eigenvalue weighted by atomic mass is 10.3. The quantitative estimate of drug-likeness (QED) is 0.650. The van der Waals surface area contributed by atoms with Crippen LogP contribution in [-0.2, 0) is 0 Å². The summed E-state index contributed by atoms with van der Waals surface area (Å²) >= 11 is 3.31. The molecule has 0 aliphatic heterocycles. The molecule has 0 saturated heterocycles. The van der Waals surface area contributed by atoms with Gasteiger partial charge in [-0.05, 0) is 38.1 Å². The summed E-state index contributed by atoms with van der Waals surface area (Å²) in [6.07, 6.45) is 1.23. The van der Waals surface area contributed by atoms with Gasteiger partial charge in [0.1, 0.15) is 12.1 Å². The second-order valence-electron chi connectivity index (χ2n) is 4.49. The molecule has 0 unspecified atom stereocenters. The molecule has 8 heteroatoms. The maximum absolute atomic E-state index is 11.3. The fraction of sp³-hybridized carbons (Fsp3) is 0.231. The van der Waals surface area contributed by atoms with Gasteiger partial charge in [-0.25, -0.2) is 4.98 Å². The predicted molar refractivity (Wildman–Crippen MR) is 81.7 cm³/mol. The predicted octanol–water partition coefficient (Wildman–Crippen LogP) is 3.76. The molecule has 0 atom stereocenters. The van der Waals surface area contributed by atoms with Gasteiger partial charge in [-0.1, -0.05) is 15.9 Å². The van der Waals surface area contributed by atoms with Crippen LogP contribution in [0.1, 0.15) is 13.8 Å². The minimum atomic E-state index is -0.557. The third-order valence-corrected chi connectivity index (χ3v) is 2.95. The first-order valence-corrected chi connectivity index (χ1v) is 6.96. The molecule has 1 aromatic heterocycles. The van der Waals surface area contributed by atoms with Crippen molar-refractivity contribution in [1.82, 2.24) is 9.97 Å². The van der Waals surface area contributed by atoms with Crippen molar-refractivity contribution in [3.05, 3.63) is 45.2 Å². The number of nitrogens with zero attached hydrogens (tertiary/aromatic N) is 3. The highest BCUT2D eigenvalue weighted by Crippen LogP contribution is 2.34. The summed E-state index contributed by atoms with van der Waals surface area (Å²) in [5.74, 6) is 0.494. The van der Waals surface area contributed by atoms with Crippen LogP contribution in [0.2, 0.25) is 0 Å². The number of nitro groups is 1. The summed E-state index contributed by atoms with van der Waals surface area (Å²) in [5, 5.41) is 14.2. The smallest absolute Gasteiger partial charge is 0.373 e. The number of hydrogen-bond donors (Lipinski definition) is 1. The van der Waals surface area contributed by atoms with Gasteiger partial charge in [0.15, 0.2) is 0 Å². The van der Waals surface area contributed by atoms with Crippen LogP contribution in [-0.4, -0.2) is 20.9 Å². The molecular formula is C13H13BrN4O3. The Hall–Kier alpha value is -2.22. The molecule has 0 aliphatic rings. The highest BCUT2D eigenvalue weighted by molar-refractivity contribution is 9.10. The van der Waals surface area contributed by atoms with E-state index in [-0.39, 0.29) is 23.4 Å². The Morgan fingerprint density at radius 1 is 1.29 bits per heavy atom. The van der Waals surface area contributed by atoms with Crippen molar-refractivity contribution in [2.75, 3.05) is 5.32 Å². The van der Waals surface area contributed by atoms with Crippen LogP contribution in [0.15, 0.2) is 35.1 Å². The van der Waals surface area contributed by atoms with Crippen LogP contribution < -0.4 is 10.1 Å². The van der Waals surface area contributed by atoms with Crippen LogP contribution >= 0.6 is 15.9 Å². The number of rotatable bonds is 5. The standard InChI is InChI=1S/C13H13BrN4O3/c1-8(2)17-12-11(18(19)20)13(16-7-15-12)21-10-5-3-9(14)4-6-10/h3-8H,1-2H3,(H,15,16,17). The highest BCUT2D eigenvalue weighted by atomic mass is 79.9. The number of anilines is 1. The summed E-state index contributed by atoms with van der Waals surface area (Å²) in [5.41, 5.74) is -0.283. The maximum Gasteiger partial charge on any atom is 0.373 e. The van der Waals surface area contributed by atoms with Gasteiger partial charge in [-0.3, -0.25) is 10.1 Å². The largest absolute Gasteiger partial charge is 0.434 e. The first-order valence-electron chi connectivity index (χ1n) is 6.16. The number of benzene rings is 1. The number of hydrogen-bond acceptors (Lipinski definition) is 6. The van der Waals surface area contributed by atoms with E-state index in [9.17, 15) is 10.1 Å². The van der Waals surface area contributed by atoms with E-state index in [1.54, 1.807) is 24.3 Å². The third kappa shape index (κ3) is 3.88. The van der Waals surface area contributed by atoms with Gasteiger partial charge < -0.3 is 10.1 Å². The van der Waals surface area contributed by atoms with E-state index in [0.717, 1.165) is 4.47 Å². The highest BCUT2D eigenvalue weighted by Gasteiger charge is 2.25. The van der Waals surface area contributed by atoms with Crippen molar-refractivity contribution in [3.8, 4) is 11.6 Å². The van der Waals surface area contributed by atoms with Crippen molar-refractivity contribution < 1.29 is 9.66 Å². The summed E-state index contributed by atoms with van der Waals surface area (Å²) in [7, 11) is 0. The molecule has 110 valence electrons. The van der Waals surface area contributed by atoms with E-state index < -0.39 is 4.92 Å². The monoisotopic (exact) mass is 352 g/mol. The molecule has 0 aliphatic carbocycles. The van der Waals surface area contributed by atoms with Gasteiger partial charge in [0.2, 0.25) is 5.82 Å². The maximum atomic E-state index is 11.3. The minimum absolute atomic E-state index is 0.000805. The molecule has 0 fully saturated rings. The molecule has 1 heterocycles.